The first-order valence-corrected chi connectivity index (χ1v) is 7.91. The molecule has 0 aliphatic heterocycles. The SMILES string of the molecule is Nc1ccc(C(=O)Nc2cccc3c2CCCC3)cc1Br. The van der Waals surface area contributed by atoms with Crippen LogP contribution in [0.4, 0.5) is 11.4 Å². The number of benzene rings is 2. The van der Waals surface area contributed by atoms with E-state index in [1.807, 2.05) is 12.1 Å². The zero-order valence-electron chi connectivity index (χ0n) is 11.7. The molecule has 0 saturated carbocycles. The lowest BCUT2D eigenvalue weighted by molar-refractivity contribution is 0.102. The molecule has 4 heteroatoms. The average Bonchev–Trinajstić information content (AvgIpc) is 2.50. The molecule has 1 aliphatic carbocycles. The van der Waals surface area contributed by atoms with Crippen molar-refractivity contribution in [3.8, 4) is 0 Å². The van der Waals surface area contributed by atoms with E-state index < -0.39 is 0 Å². The van der Waals surface area contributed by atoms with E-state index >= 15 is 0 Å². The second kappa shape index (κ2) is 5.90. The quantitative estimate of drug-likeness (QED) is 0.803. The van der Waals surface area contributed by atoms with Gasteiger partial charge in [-0.25, -0.2) is 0 Å². The number of nitrogens with one attached hydrogen (secondary N) is 1. The van der Waals surface area contributed by atoms with Crippen LogP contribution in [-0.2, 0) is 12.8 Å². The fraction of sp³-hybridized carbons (Fsp3) is 0.235. The summed E-state index contributed by atoms with van der Waals surface area (Å²) < 4.78 is 0.741. The molecule has 0 spiro atoms. The molecule has 0 radical (unpaired) electrons. The molecule has 1 aliphatic rings. The number of carbonyl (C=O) groups excluding carboxylic acids is 1. The number of nitrogens with two attached hydrogens (primary N) is 1. The minimum Gasteiger partial charge on any atom is -0.398 e. The van der Waals surface area contributed by atoms with Crippen LogP contribution in [0.15, 0.2) is 40.9 Å². The van der Waals surface area contributed by atoms with E-state index in [1.165, 1.54) is 24.0 Å². The van der Waals surface area contributed by atoms with Crippen LogP contribution in [0.3, 0.4) is 0 Å². The second-order valence-corrected chi connectivity index (χ2v) is 6.20. The summed E-state index contributed by atoms with van der Waals surface area (Å²) in [6.45, 7) is 0. The van der Waals surface area contributed by atoms with E-state index in [0.717, 1.165) is 23.0 Å². The Morgan fingerprint density at radius 1 is 1.14 bits per heavy atom. The molecule has 3 nitrogen and oxygen atoms in total. The van der Waals surface area contributed by atoms with Gasteiger partial charge < -0.3 is 11.1 Å². The van der Waals surface area contributed by atoms with Crippen molar-refractivity contribution in [2.24, 2.45) is 0 Å². The van der Waals surface area contributed by atoms with Crippen LogP contribution in [0.25, 0.3) is 0 Å². The normalized spacial score (nSPS) is 13.6. The molecule has 3 N–H and O–H groups in total. The smallest absolute Gasteiger partial charge is 0.255 e. The van der Waals surface area contributed by atoms with Gasteiger partial charge in [-0.15, -0.1) is 0 Å². The topological polar surface area (TPSA) is 55.1 Å². The van der Waals surface area contributed by atoms with Gasteiger partial charge in [0.2, 0.25) is 0 Å². The van der Waals surface area contributed by atoms with Crippen molar-refractivity contribution in [2.45, 2.75) is 25.7 Å². The minimum absolute atomic E-state index is 0.102. The van der Waals surface area contributed by atoms with E-state index in [4.69, 9.17) is 5.73 Å². The van der Waals surface area contributed by atoms with Gasteiger partial charge in [0.1, 0.15) is 0 Å². The Bertz CT molecular complexity index is 697. The maximum Gasteiger partial charge on any atom is 0.255 e. The van der Waals surface area contributed by atoms with Crippen LogP contribution in [0, 0.1) is 0 Å². The van der Waals surface area contributed by atoms with E-state index in [-0.39, 0.29) is 5.91 Å². The van der Waals surface area contributed by atoms with Crippen molar-refractivity contribution in [1.82, 2.24) is 0 Å². The molecule has 0 fully saturated rings. The molecular weight excluding hydrogens is 328 g/mol. The molecule has 21 heavy (non-hydrogen) atoms. The zero-order valence-corrected chi connectivity index (χ0v) is 13.2. The molecule has 0 atom stereocenters. The molecule has 3 rings (SSSR count). The lowest BCUT2D eigenvalue weighted by atomic mass is 9.90. The first-order valence-electron chi connectivity index (χ1n) is 7.12. The number of nitrogen functional groups attached to an aromatic ring is 1. The van der Waals surface area contributed by atoms with Gasteiger partial charge in [-0.05, 0) is 77.0 Å². The number of carbonyl (C=O) groups is 1. The molecule has 0 unspecified atom stereocenters. The lowest BCUT2D eigenvalue weighted by Crippen LogP contribution is -2.15. The van der Waals surface area contributed by atoms with Crippen LogP contribution in [0.2, 0.25) is 0 Å². The van der Waals surface area contributed by atoms with Crippen molar-refractivity contribution in [1.29, 1.82) is 0 Å². The number of anilines is 2. The van der Waals surface area contributed by atoms with Gasteiger partial charge in [-0.2, -0.15) is 0 Å². The molecule has 0 saturated heterocycles. The van der Waals surface area contributed by atoms with Crippen molar-refractivity contribution in [2.75, 3.05) is 11.1 Å². The number of hydrogen-bond acceptors (Lipinski definition) is 2. The average molecular weight is 345 g/mol. The summed E-state index contributed by atoms with van der Waals surface area (Å²) in [6, 6.07) is 11.4. The summed E-state index contributed by atoms with van der Waals surface area (Å²) in [5.41, 5.74) is 10.6. The summed E-state index contributed by atoms with van der Waals surface area (Å²) in [7, 11) is 0. The highest BCUT2D eigenvalue weighted by Gasteiger charge is 2.15. The van der Waals surface area contributed by atoms with E-state index in [2.05, 4.69) is 27.3 Å². The van der Waals surface area contributed by atoms with Crippen LogP contribution < -0.4 is 11.1 Å². The number of amides is 1. The van der Waals surface area contributed by atoms with Gasteiger partial charge in [-0.3, -0.25) is 4.79 Å². The van der Waals surface area contributed by atoms with Crippen molar-refractivity contribution < 1.29 is 4.79 Å². The van der Waals surface area contributed by atoms with Gasteiger partial charge in [0.15, 0.2) is 0 Å². The maximum atomic E-state index is 12.4. The summed E-state index contributed by atoms with van der Waals surface area (Å²) >= 11 is 3.35. The van der Waals surface area contributed by atoms with Gasteiger partial charge in [0.05, 0.1) is 0 Å². The number of fused-ring (bicyclic) bond motifs is 1. The van der Waals surface area contributed by atoms with E-state index in [0.29, 0.717) is 11.3 Å². The Morgan fingerprint density at radius 3 is 2.76 bits per heavy atom. The van der Waals surface area contributed by atoms with Crippen LogP contribution in [-0.4, -0.2) is 5.91 Å². The van der Waals surface area contributed by atoms with E-state index in [1.54, 1.807) is 18.2 Å². The molecular formula is C17H17BrN2O. The zero-order chi connectivity index (χ0) is 14.8. The maximum absolute atomic E-state index is 12.4. The summed E-state index contributed by atoms with van der Waals surface area (Å²) in [6.07, 6.45) is 4.56. The predicted octanol–water partition coefficient (Wildman–Crippen LogP) is 4.16. The highest BCUT2D eigenvalue weighted by molar-refractivity contribution is 9.10. The highest BCUT2D eigenvalue weighted by Crippen LogP contribution is 2.28. The highest BCUT2D eigenvalue weighted by atomic mass is 79.9. The van der Waals surface area contributed by atoms with Crippen molar-refractivity contribution in [3.63, 3.8) is 0 Å². The van der Waals surface area contributed by atoms with Crippen molar-refractivity contribution >= 4 is 33.2 Å². The number of halogens is 1. The Kier molecular flexibility index (Phi) is 3.97. The predicted molar refractivity (Wildman–Crippen MR) is 89.6 cm³/mol. The minimum atomic E-state index is -0.102. The third-order valence-electron chi connectivity index (χ3n) is 3.91. The standard InChI is InChI=1S/C17H17BrN2O/c18-14-10-12(8-9-15(14)19)17(21)20-16-7-3-5-11-4-1-2-6-13(11)16/h3,5,7-10H,1-2,4,6,19H2,(H,20,21). The largest absolute Gasteiger partial charge is 0.398 e. The second-order valence-electron chi connectivity index (χ2n) is 5.34. The van der Waals surface area contributed by atoms with Crippen LogP contribution >= 0.6 is 15.9 Å². The van der Waals surface area contributed by atoms with Gasteiger partial charge in [-0.1, -0.05) is 12.1 Å². The monoisotopic (exact) mass is 344 g/mol. The Morgan fingerprint density at radius 2 is 1.95 bits per heavy atom. The number of hydrogen-bond donors (Lipinski definition) is 2. The fourth-order valence-corrected chi connectivity index (χ4v) is 3.14. The lowest BCUT2D eigenvalue weighted by Gasteiger charge is -2.19. The Balaban J connectivity index is 1.86. The third-order valence-corrected chi connectivity index (χ3v) is 4.59. The Labute approximate surface area is 132 Å². The molecule has 0 aromatic heterocycles. The van der Waals surface area contributed by atoms with E-state index in [9.17, 15) is 4.79 Å². The van der Waals surface area contributed by atoms with Crippen LogP contribution in [0.5, 0.6) is 0 Å². The third kappa shape index (κ3) is 2.95. The summed E-state index contributed by atoms with van der Waals surface area (Å²) in [4.78, 5) is 12.4. The first kappa shape index (κ1) is 14.1. The Hall–Kier alpha value is -1.81. The molecule has 1 amide bonds. The molecule has 0 bridgehead atoms. The molecule has 108 valence electrons. The van der Waals surface area contributed by atoms with Gasteiger partial charge in [0, 0.05) is 21.4 Å². The van der Waals surface area contributed by atoms with Gasteiger partial charge in [0.25, 0.3) is 5.91 Å². The molecule has 0 heterocycles. The number of aryl methyl sites for hydroxylation is 1. The summed E-state index contributed by atoms with van der Waals surface area (Å²) in [5, 5.41) is 3.03. The number of rotatable bonds is 2. The molecule has 2 aromatic carbocycles. The molecule has 2 aromatic rings. The van der Waals surface area contributed by atoms with Crippen molar-refractivity contribution in [3.05, 3.63) is 57.6 Å². The van der Waals surface area contributed by atoms with Gasteiger partial charge >= 0.3 is 0 Å². The first-order chi connectivity index (χ1) is 10.1. The summed E-state index contributed by atoms with van der Waals surface area (Å²) in [5.74, 6) is -0.102. The van der Waals surface area contributed by atoms with Crippen LogP contribution in [0.1, 0.15) is 34.3 Å². The fourth-order valence-electron chi connectivity index (χ4n) is 2.76.